The van der Waals surface area contributed by atoms with Gasteiger partial charge in [-0.15, -0.1) is 9.24 Å². The van der Waals surface area contributed by atoms with Gasteiger partial charge >= 0.3 is 0 Å². The Morgan fingerprint density at radius 2 is 2.09 bits per heavy atom. The second-order valence-corrected chi connectivity index (χ2v) is 4.21. The summed E-state index contributed by atoms with van der Waals surface area (Å²) < 4.78 is 0. The van der Waals surface area contributed by atoms with Gasteiger partial charge in [0.05, 0.1) is 0 Å². The molecule has 1 aliphatic carbocycles. The quantitative estimate of drug-likeness (QED) is 0.517. The first-order valence-corrected chi connectivity index (χ1v) is 4.79. The number of rotatable bonds is 0. The smallest absolute Gasteiger partial charge is 0.0121 e. The normalized spacial score (nSPS) is 28.5. The van der Waals surface area contributed by atoms with Crippen molar-refractivity contribution in [3.8, 4) is 0 Å². The molecule has 0 nitrogen and oxygen atoms in total. The van der Waals surface area contributed by atoms with Crippen LogP contribution in [-0.4, -0.2) is 5.66 Å². The summed E-state index contributed by atoms with van der Waals surface area (Å²) in [5.41, 5.74) is 3.85. The van der Waals surface area contributed by atoms with E-state index in [0.29, 0.717) is 0 Å². The molecule has 1 aromatic rings. The van der Waals surface area contributed by atoms with E-state index in [4.69, 9.17) is 0 Å². The molecular formula is C10H13P. The van der Waals surface area contributed by atoms with Crippen LogP contribution in [0.3, 0.4) is 0 Å². The molecule has 58 valence electrons. The zero-order valence-electron chi connectivity index (χ0n) is 6.75. The highest BCUT2D eigenvalue weighted by Crippen LogP contribution is 2.36. The van der Waals surface area contributed by atoms with Crippen molar-refractivity contribution in [3.63, 3.8) is 0 Å². The Morgan fingerprint density at radius 1 is 1.36 bits per heavy atom. The summed E-state index contributed by atoms with van der Waals surface area (Å²) in [7, 11) is 2.94. The maximum atomic E-state index is 2.94. The van der Waals surface area contributed by atoms with Crippen LogP contribution in [0.5, 0.6) is 0 Å². The van der Waals surface area contributed by atoms with Gasteiger partial charge in [-0.2, -0.15) is 0 Å². The maximum Gasteiger partial charge on any atom is -0.0121 e. The van der Waals surface area contributed by atoms with Crippen molar-refractivity contribution in [1.82, 2.24) is 0 Å². The summed E-state index contributed by atoms with van der Waals surface area (Å²) >= 11 is 0. The summed E-state index contributed by atoms with van der Waals surface area (Å²) in [6.07, 6.45) is 1.24. The lowest BCUT2D eigenvalue weighted by Gasteiger charge is -2.08. The highest BCUT2D eigenvalue weighted by atomic mass is 31.0. The van der Waals surface area contributed by atoms with E-state index < -0.39 is 0 Å². The Bertz CT molecular complexity index is 267. The summed E-state index contributed by atoms with van der Waals surface area (Å²) in [5, 5.41) is 0. The molecule has 0 spiro atoms. The Morgan fingerprint density at radius 3 is 2.82 bits per heavy atom. The largest absolute Gasteiger partial charge is 0.133 e. The van der Waals surface area contributed by atoms with E-state index in [0.717, 1.165) is 11.6 Å². The number of hydrogen-bond donors (Lipinski definition) is 0. The Labute approximate surface area is 70.2 Å². The fraction of sp³-hybridized carbons (Fsp3) is 0.400. The molecule has 1 unspecified atom stereocenters. The van der Waals surface area contributed by atoms with E-state index in [2.05, 4.69) is 40.4 Å². The number of hydrogen-bond acceptors (Lipinski definition) is 0. The lowest BCUT2D eigenvalue weighted by atomic mass is 10.0. The molecule has 1 aromatic carbocycles. The van der Waals surface area contributed by atoms with Crippen LogP contribution in [0.15, 0.2) is 24.3 Å². The van der Waals surface area contributed by atoms with Crippen LogP contribution < -0.4 is 0 Å². The Hall–Kier alpha value is -0.350. The summed E-state index contributed by atoms with van der Waals surface area (Å²) in [4.78, 5) is 0. The van der Waals surface area contributed by atoms with Gasteiger partial charge in [0.2, 0.25) is 0 Å². The number of benzene rings is 1. The molecule has 1 aliphatic rings. The summed E-state index contributed by atoms with van der Waals surface area (Å²) in [6, 6.07) is 8.77. The third kappa shape index (κ3) is 1.10. The van der Waals surface area contributed by atoms with E-state index in [9.17, 15) is 0 Å². The average Bonchev–Trinajstić information content (AvgIpc) is 2.30. The first-order valence-electron chi connectivity index (χ1n) is 4.12. The average molecular weight is 164 g/mol. The molecule has 0 N–H and O–H groups in total. The molecule has 1 heteroatoms. The Kier molecular flexibility index (Phi) is 1.73. The monoisotopic (exact) mass is 164 g/mol. The fourth-order valence-electron chi connectivity index (χ4n) is 1.83. The van der Waals surface area contributed by atoms with Crippen LogP contribution in [0.25, 0.3) is 0 Å². The first kappa shape index (κ1) is 7.31. The highest BCUT2D eigenvalue weighted by Gasteiger charge is 2.24. The predicted octanol–water partition coefficient (Wildman–Crippen LogP) is 2.59. The van der Waals surface area contributed by atoms with Crippen LogP contribution in [0, 0.1) is 0 Å². The first-order chi connectivity index (χ1) is 5.29. The lowest BCUT2D eigenvalue weighted by Crippen LogP contribution is -2.00. The SMILES string of the molecule is C[C@H]1c2ccccc2C[C@@H]1P. The summed E-state index contributed by atoms with van der Waals surface area (Å²) in [6.45, 7) is 2.31. The van der Waals surface area contributed by atoms with Gasteiger partial charge in [0.25, 0.3) is 0 Å². The second kappa shape index (κ2) is 2.60. The second-order valence-electron chi connectivity index (χ2n) is 3.36. The van der Waals surface area contributed by atoms with Gasteiger partial charge in [-0.05, 0) is 29.1 Å². The molecule has 0 fully saturated rings. The van der Waals surface area contributed by atoms with E-state index in [1.165, 1.54) is 6.42 Å². The van der Waals surface area contributed by atoms with Gasteiger partial charge in [-0.3, -0.25) is 0 Å². The molecule has 0 aromatic heterocycles. The van der Waals surface area contributed by atoms with Crippen molar-refractivity contribution in [2.24, 2.45) is 0 Å². The molecule has 0 bridgehead atoms. The van der Waals surface area contributed by atoms with Gasteiger partial charge in [-0.25, -0.2) is 0 Å². The minimum Gasteiger partial charge on any atom is -0.133 e. The van der Waals surface area contributed by atoms with E-state index >= 15 is 0 Å². The molecular weight excluding hydrogens is 151 g/mol. The number of fused-ring (bicyclic) bond motifs is 1. The lowest BCUT2D eigenvalue weighted by molar-refractivity contribution is 0.767. The standard InChI is InChI=1S/C10H13P/c1-7-9-5-3-2-4-8(9)6-10(7)11/h2-5,7,10H,6,11H2,1H3/t7-,10-/m0/s1. The van der Waals surface area contributed by atoms with E-state index in [1.54, 1.807) is 11.1 Å². The van der Waals surface area contributed by atoms with E-state index in [1.807, 2.05) is 0 Å². The zero-order chi connectivity index (χ0) is 7.84. The van der Waals surface area contributed by atoms with Crippen molar-refractivity contribution in [1.29, 1.82) is 0 Å². The van der Waals surface area contributed by atoms with Crippen molar-refractivity contribution < 1.29 is 0 Å². The van der Waals surface area contributed by atoms with E-state index in [-0.39, 0.29) is 0 Å². The van der Waals surface area contributed by atoms with Gasteiger partial charge < -0.3 is 0 Å². The summed E-state index contributed by atoms with van der Waals surface area (Å²) in [5.74, 6) is 0.733. The predicted molar refractivity (Wildman–Crippen MR) is 52.1 cm³/mol. The molecule has 0 saturated heterocycles. The Balaban J connectivity index is 2.47. The zero-order valence-corrected chi connectivity index (χ0v) is 7.90. The van der Waals surface area contributed by atoms with Crippen LogP contribution >= 0.6 is 9.24 Å². The van der Waals surface area contributed by atoms with Gasteiger partial charge in [0.15, 0.2) is 0 Å². The third-order valence-electron chi connectivity index (χ3n) is 2.64. The van der Waals surface area contributed by atoms with Crippen molar-refractivity contribution in [3.05, 3.63) is 35.4 Å². The van der Waals surface area contributed by atoms with Crippen LogP contribution in [0.4, 0.5) is 0 Å². The molecule has 2 rings (SSSR count). The van der Waals surface area contributed by atoms with Gasteiger partial charge in [-0.1, -0.05) is 31.2 Å². The molecule has 0 heterocycles. The van der Waals surface area contributed by atoms with Crippen molar-refractivity contribution >= 4 is 9.24 Å². The molecule has 0 radical (unpaired) electrons. The molecule has 0 amide bonds. The van der Waals surface area contributed by atoms with Gasteiger partial charge in [0, 0.05) is 0 Å². The topological polar surface area (TPSA) is 0 Å². The van der Waals surface area contributed by atoms with Crippen molar-refractivity contribution in [2.45, 2.75) is 24.9 Å². The fourth-order valence-corrected chi connectivity index (χ4v) is 2.29. The van der Waals surface area contributed by atoms with Gasteiger partial charge in [0.1, 0.15) is 0 Å². The van der Waals surface area contributed by atoms with Crippen LogP contribution in [-0.2, 0) is 6.42 Å². The minimum atomic E-state index is 0.733. The molecule has 3 atom stereocenters. The highest BCUT2D eigenvalue weighted by molar-refractivity contribution is 7.17. The maximum absolute atomic E-state index is 2.94. The van der Waals surface area contributed by atoms with Crippen LogP contribution in [0.1, 0.15) is 24.0 Å². The molecule has 0 saturated carbocycles. The van der Waals surface area contributed by atoms with Crippen LogP contribution in [0.2, 0.25) is 0 Å². The molecule has 11 heavy (non-hydrogen) atoms. The van der Waals surface area contributed by atoms with Crippen molar-refractivity contribution in [2.75, 3.05) is 0 Å². The third-order valence-corrected chi connectivity index (χ3v) is 3.46. The molecule has 0 aliphatic heterocycles. The minimum absolute atomic E-state index is 0.733.